The highest BCUT2D eigenvalue weighted by Gasteiger charge is 2.23. The lowest BCUT2D eigenvalue weighted by atomic mass is 10.2. The average molecular weight is 342 g/mol. The zero-order valence-corrected chi connectivity index (χ0v) is 15.0. The normalized spacial score (nSPS) is 10.9. The highest BCUT2D eigenvalue weighted by molar-refractivity contribution is 7.16. The molecule has 2 heteroatoms. The lowest BCUT2D eigenvalue weighted by Crippen LogP contribution is -2.52. The quantitative estimate of drug-likeness (QED) is 0.493. The predicted molar refractivity (Wildman–Crippen MR) is 107 cm³/mol. The number of hydrogen-bond acceptors (Lipinski definition) is 1. The molecule has 1 radical (unpaired) electrons. The van der Waals surface area contributed by atoms with Crippen molar-refractivity contribution in [2.45, 2.75) is 0 Å². The molecule has 1 heterocycles. The Bertz CT molecular complexity index is 859. The van der Waals surface area contributed by atoms with E-state index in [1.165, 1.54) is 26.0 Å². The minimum atomic E-state index is -1.00. The van der Waals surface area contributed by atoms with Crippen LogP contribution >= 0.6 is 11.3 Å². The third kappa shape index (κ3) is 2.98. The van der Waals surface area contributed by atoms with E-state index in [0.29, 0.717) is 0 Å². The van der Waals surface area contributed by atoms with Crippen molar-refractivity contribution >= 4 is 35.7 Å². The largest absolute Gasteiger partial charge is 0.156 e. The van der Waals surface area contributed by atoms with Crippen molar-refractivity contribution < 1.29 is 0 Å². The van der Waals surface area contributed by atoms with Crippen LogP contribution < -0.4 is 15.6 Å². The Hall–Kier alpha value is -2.42. The minimum absolute atomic E-state index is 1.00. The molecule has 0 unspecified atom stereocenters. The van der Waals surface area contributed by atoms with E-state index in [1.54, 1.807) is 0 Å². The number of rotatable bonds is 4. The van der Waals surface area contributed by atoms with Gasteiger partial charge in [-0.05, 0) is 16.1 Å². The van der Waals surface area contributed by atoms with Gasteiger partial charge >= 0.3 is 0 Å². The van der Waals surface area contributed by atoms with Crippen LogP contribution in [0.3, 0.4) is 0 Å². The zero-order chi connectivity index (χ0) is 16.2. The zero-order valence-electron chi connectivity index (χ0n) is 13.2. The fraction of sp³-hybridized carbons (Fsp3) is 0. The maximum atomic E-state index is 2.32. The van der Waals surface area contributed by atoms with Gasteiger partial charge in [0.1, 0.15) is 0 Å². The molecule has 0 fully saturated rings. The number of hydrogen-bond donors (Lipinski definition) is 0. The molecule has 0 amide bonds. The minimum Gasteiger partial charge on any atom is -0.144 e. The van der Waals surface area contributed by atoms with Crippen LogP contribution in [0.5, 0.6) is 0 Å². The molecule has 0 aliphatic carbocycles. The molecule has 0 spiro atoms. The first-order chi connectivity index (χ1) is 11.9. The summed E-state index contributed by atoms with van der Waals surface area (Å²) in [5.74, 6) is 0. The standard InChI is InChI=1S/C22H17SSi/c1-4-10-18(11-5-1)22-21(16-17-23-22)24(19-12-6-2-7-13-19)20-14-8-3-9-15-20/h1-17H. The Morgan fingerprint density at radius 3 is 1.58 bits per heavy atom. The van der Waals surface area contributed by atoms with E-state index in [1.807, 2.05) is 11.3 Å². The van der Waals surface area contributed by atoms with Gasteiger partial charge in [-0.3, -0.25) is 0 Å². The first kappa shape index (κ1) is 15.1. The van der Waals surface area contributed by atoms with Gasteiger partial charge in [0.15, 0.2) is 8.80 Å². The molecule has 0 N–H and O–H groups in total. The molecule has 115 valence electrons. The summed E-state index contributed by atoms with van der Waals surface area (Å²) in [6, 6.07) is 35.0. The predicted octanol–water partition coefficient (Wildman–Crippen LogP) is 3.93. The van der Waals surface area contributed by atoms with Gasteiger partial charge in [-0.15, -0.1) is 11.3 Å². The summed E-state index contributed by atoms with van der Waals surface area (Å²) in [4.78, 5) is 1.40. The topological polar surface area (TPSA) is 0 Å². The van der Waals surface area contributed by atoms with Gasteiger partial charge in [0.25, 0.3) is 0 Å². The van der Waals surface area contributed by atoms with Crippen LogP contribution in [0.1, 0.15) is 0 Å². The van der Waals surface area contributed by atoms with E-state index in [-0.39, 0.29) is 0 Å². The molecule has 0 saturated carbocycles. The van der Waals surface area contributed by atoms with Crippen LogP contribution in [0.25, 0.3) is 10.4 Å². The smallest absolute Gasteiger partial charge is 0.144 e. The van der Waals surface area contributed by atoms with Crippen molar-refractivity contribution in [3.8, 4) is 10.4 Å². The van der Waals surface area contributed by atoms with Crippen molar-refractivity contribution in [1.82, 2.24) is 0 Å². The highest BCUT2D eigenvalue weighted by atomic mass is 32.1. The molecular weight excluding hydrogens is 324 g/mol. The molecule has 0 aliphatic rings. The molecule has 4 aromatic rings. The van der Waals surface area contributed by atoms with E-state index < -0.39 is 8.80 Å². The van der Waals surface area contributed by atoms with Crippen molar-refractivity contribution in [3.05, 3.63) is 102 Å². The number of benzene rings is 3. The van der Waals surface area contributed by atoms with Gasteiger partial charge in [-0.25, -0.2) is 0 Å². The summed E-state index contributed by atoms with van der Waals surface area (Å²) in [6.45, 7) is 0. The molecule has 1 aromatic heterocycles. The number of thiophene rings is 1. The van der Waals surface area contributed by atoms with Crippen molar-refractivity contribution in [2.75, 3.05) is 0 Å². The maximum absolute atomic E-state index is 2.32. The monoisotopic (exact) mass is 341 g/mol. The lowest BCUT2D eigenvalue weighted by molar-refractivity contribution is 1.70. The summed E-state index contributed by atoms with van der Waals surface area (Å²) < 4.78 is 0. The third-order valence-electron chi connectivity index (χ3n) is 4.10. The maximum Gasteiger partial charge on any atom is 0.156 e. The van der Waals surface area contributed by atoms with Gasteiger partial charge in [0.05, 0.1) is 0 Å². The summed E-state index contributed by atoms with van der Waals surface area (Å²) in [7, 11) is -1.00. The van der Waals surface area contributed by atoms with Crippen molar-refractivity contribution in [2.24, 2.45) is 0 Å². The molecule has 0 atom stereocenters. The Morgan fingerprint density at radius 2 is 1.04 bits per heavy atom. The Labute approximate surface area is 148 Å². The van der Waals surface area contributed by atoms with Crippen LogP contribution in [-0.4, -0.2) is 8.80 Å². The van der Waals surface area contributed by atoms with Crippen LogP contribution in [-0.2, 0) is 0 Å². The molecule has 24 heavy (non-hydrogen) atoms. The van der Waals surface area contributed by atoms with Crippen LogP contribution in [0.2, 0.25) is 0 Å². The Kier molecular flexibility index (Phi) is 4.41. The van der Waals surface area contributed by atoms with E-state index in [9.17, 15) is 0 Å². The first-order valence-electron chi connectivity index (χ1n) is 8.04. The van der Waals surface area contributed by atoms with Gasteiger partial charge in [0.2, 0.25) is 0 Å². The second-order valence-corrected chi connectivity index (χ2v) is 9.00. The lowest BCUT2D eigenvalue weighted by Gasteiger charge is -2.17. The Morgan fingerprint density at radius 1 is 0.542 bits per heavy atom. The average Bonchev–Trinajstić information content (AvgIpc) is 3.14. The SMILES string of the molecule is c1ccc(-c2sccc2[Si](c2ccccc2)c2ccccc2)cc1. The highest BCUT2D eigenvalue weighted by Crippen LogP contribution is 2.23. The summed E-state index contributed by atoms with van der Waals surface area (Å²) in [5.41, 5.74) is 1.32. The summed E-state index contributed by atoms with van der Waals surface area (Å²) in [5, 5.41) is 6.58. The molecule has 0 nitrogen and oxygen atoms in total. The van der Waals surface area contributed by atoms with Gasteiger partial charge in [-0.1, -0.05) is 107 Å². The third-order valence-corrected chi connectivity index (χ3v) is 8.02. The fourth-order valence-corrected chi connectivity index (χ4v) is 7.05. The first-order valence-corrected chi connectivity index (χ1v) is 10.4. The fourth-order valence-electron chi connectivity index (χ4n) is 3.01. The molecule has 0 saturated heterocycles. The second kappa shape index (κ2) is 6.99. The molecular formula is C22H17SSi. The second-order valence-electron chi connectivity index (χ2n) is 5.64. The molecule has 0 aliphatic heterocycles. The van der Waals surface area contributed by atoms with Crippen LogP contribution in [0, 0.1) is 0 Å². The molecule has 3 aromatic carbocycles. The van der Waals surface area contributed by atoms with Gasteiger partial charge in [-0.2, -0.15) is 0 Å². The van der Waals surface area contributed by atoms with Crippen molar-refractivity contribution in [3.63, 3.8) is 0 Å². The molecule has 4 rings (SSSR count). The van der Waals surface area contributed by atoms with Gasteiger partial charge in [0, 0.05) is 4.88 Å². The van der Waals surface area contributed by atoms with Crippen LogP contribution in [0.15, 0.2) is 102 Å². The van der Waals surface area contributed by atoms with E-state index >= 15 is 0 Å². The van der Waals surface area contributed by atoms with Crippen molar-refractivity contribution in [1.29, 1.82) is 0 Å². The van der Waals surface area contributed by atoms with E-state index in [2.05, 4.69) is 102 Å². The summed E-state index contributed by atoms with van der Waals surface area (Å²) >= 11 is 1.85. The van der Waals surface area contributed by atoms with E-state index in [0.717, 1.165) is 0 Å². The van der Waals surface area contributed by atoms with Gasteiger partial charge < -0.3 is 0 Å². The van der Waals surface area contributed by atoms with Crippen LogP contribution in [0.4, 0.5) is 0 Å². The Balaban J connectivity index is 1.89. The van der Waals surface area contributed by atoms with E-state index in [4.69, 9.17) is 0 Å². The summed E-state index contributed by atoms with van der Waals surface area (Å²) in [6.07, 6.45) is 0. The molecule has 0 bridgehead atoms.